The lowest BCUT2D eigenvalue weighted by atomic mass is 9.59. The van der Waals surface area contributed by atoms with Crippen molar-refractivity contribution in [3.63, 3.8) is 0 Å². The number of allylic oxidation sites excluding steroid dienone is 8. The van der Waals surface area contributed by atoms with E-state index in [1.807, 2.05) is 0 Å². The maximum absolute atomic E-state index is 2.43. The zero-order chi connectivity index (χ0) is 23.0. The standard InChI is InChI=1S/C30H36N2/c1-8-9-13-22(3)30(27-14-11-10-12-21(27)2)28-19-23(31(4)5)15-17-25(28)26-18-16-24(32(6)7)20-29(26)30/h8-21,27H,1-7H3/b9-8-,22-13+. The van der Waals surface area contributed by atoms with Crippen molar-refractivity contribution in [1.29, 1.82) is 0 Å². The van der Waals surface area contributed by atoms with Crippen molar-refractivity contribution < 1.29 is 0 Å². The molecular weight excluding hydrogens is 388 g/mol. The van der Waals surface area contributed by atoms with Crippen molar-refractivity contribution in [1.82, 2.24) is 0 Å². The van der Waals surface area contributed by atoms with Crippen molar-refractivity contribution in [3.8, 4) is 11.1 Å². The van der Waals surface area contributed by atoms with E-state index in [1.165, 1.54) is 39.2 Å². The van der Waals surface area contributed by atoms with E-state index in [9.17, 15) is 0 Å². The van der Waals surface area contributed by atoms with E-state index < -0.39 is 0 Å². The molecule has 2 aliphatic rings. The lowest BCUT2D eigenvalue weighted by Crippen LogP contribution is -2.39. The Labute approximate surface area is 194 Å². The number of hydrogen-bond donors (Lipinski definition) is 0. The Morgan fingerprint density at radius 3 is 1.84 bits per heavy atom. The normalized spacial score (nSPS) is 21.0. The highest BCUT2D eigenvalue weighted by Gasteiger charge is 2.50. The van der Waals surface area contributed by atoms with Crippen molar-refractivity contribution in [3.05, 3.63) is 95.6 Å². The minimum Gasteiger partial charge on any atom is -0.378 e. The van der Waals surface area contributed by atoms with Crippen LogP contribution in [0.3, 0.4) is 0 Å². The first-order valence-corrected chi connectivity index (χ1v) is 11.6. The zero-order valence-electron chi connectivity index (χ0n) is 20.6. The van der Waals surface area contributed by atoms with Crippen LogP contribution in [0.5, 0.6) is 0 Å². The SMILES string of the molecule is C/C=C\C=C(/C)C1(C2C=CC=CC2C)c2cc(N(C)C)ccc2-c2ccc(N(C)C)cc21. The molecule has 166 valence electrons. The molecular formula is C30H36N2. The molecule has 0 N–H and O–H groups in total. The molecule has 2 aromatic carbocycles. The Morgan fingerprint density at radius 1 is 0.844 bits per heavy atom. The van der Waals surface area contributed by atoms with Crippen molar-refractivity contribution in [2.75, 3.05) is 38.0 Å². The van der Waals surface area contributed by atoms with Crippen LogP contribution in [0, 0.1) is 11.8 Å². The molecule has 0 saturated carbocycles. The predicted octanol–water partition coefficient (Wildman–Crippen LogP) is 6.99. The average Bonchev–Trinajstić information content (AvgIpc) is 3.07. The molecule has 0 bridgehead atoms. The molecule has 0 radical (unpaired) electrons. The fraction of sp³-hybridized carbons (Fsp3) is 0.333. The highest BCUT2D eigenvalue weighted by Crippen LogP contribution is 2.60. The molecule has 2 nitrogen and oxygen atoms in total. The van der Waals surface area contributed by atoms with Gasteiger partial charge in [0.2, 0.25) is 0 Å². The zero-order valence-corrected chi connectivity index (χ0v) is 20.6. The topological polar surface area (TPSA) is 6.48 Å². The maximum atomic E-state index is 2.43. The predicted molar refractivity (Wildman–Crippen MR) is 141 cm³/mol. The Hall–Kier alpha value is -3.00. The fourth-order valence-electron chi connectivity index (χ4n) is 5.56. The van der Waals surface area contributed by atoms with Crippen LogP contribution in [-0.4, -0.2) is 28.2 Å². The van der Waals surface area contributed by atoms with Crippen LogP contribution >= 0.6 is 0 Å². The number of fused-ring (bicyclic) bond motifs is 3. The molecule has 0 aromatic heterocycles. The maximum Gasteiger partial charge on any atom is 0.0493 e. The van der Waals surface area contributed by atoms with Gasteiger partial charge in [-0.2, -0.15) is 0 Å². The van der Waals surface area contributed by atoms with Gasteiger partial charge in [0.25, 0.3) is 0 Å². The number of benzene rings is 2. The molecule has 0 saturated heterocycles. The van der Waals surface area contributed by atoms with Crippen LogP contribution in [0.15, 0.2) is 84.5 Å². The number of nitrogens with zero attached hydrogens (tertiary/aromatic N) is 2. The van der Waals surface area contributed by atoms with Crippen molar-refractivity contribution >= 4 is 11.4 Å². The molecule has 4 rings (SSSR count). The summed E-state index contributed by atoms with van der Waals surface area (Å²) >= 11 is 0. The van der Waals surface area contributed by atoms with Gasteiger partial charge in [-0.05, 0) is 66.3 Å². The molecule has 2 aliphatic carbocycles. The quantitative estimate of drug-likeness (QED) is 0.477. The first-order valence-electron chi connectivity index (χ1n) is 11.6. The van der Waals surface area contributed by atoms with E-state index in [-0.39, 0.29) is 5.41 Å². The lowest BCUT2D eigenvalue weighted by molar-refractivity contribution is 0.368. The Morgan fingerprint density at radius 2 is 1.38 bits per heavy atom. The summed E-state index contributed by atoms with van der Waals surface area (Å²) < 4.78 is 0. The van der Waals surface area contributed by atoms with Crippen molar-refractivity contribution in [2.24, 2.45) is 11.8 Å². The van der Waals surface area contributed by atoms with Gasteiger partial charge in [0.1, 0.15) is 0 Å². The molecule has 2 atom stereocenters. The average molecular weight is 425 g/mol. The third-order valence-electron chi connectivity index (χ3n) is 7.25. The summed E-state index contributed by atoms with van der Waals surface area (Å²) in [7, 11) is 8.52. The van der Waals surface area contributed by atoms with Gasteiger partial charge in [-0.3, -0.25) is 0 Å². The molecule has 32 heavy (non-hydrogen) atoms. The van der Waals surface area contributed by atoms with E-state index in [2.05, 4.69) is 138 Å². The number of rotatable bonds is 5. The molecule has 0 aliphatic heterocycles. The van der Waals surface area contributed by atoms with Crippen molar-refractivity contribution in [2.45, 2.75) is 26.2 Å². The molecule has 0 heterocycles. The largest absolute Gasteiger partial charge is 0.378 e. The summed E-state index contributed by atoms with van der Waals surface area (Å²) in [6.07, 6.45) is 15.9. The Kier molecular flexibility index (Phi) is 5.90. The number of hydrogen-bond acceptors (Lipinski definition) is 2. The van der Waals surface area contributed by atoms with E-state index in [0.717, 1.165) is 0 Å². The Balaban J connectivity index is 2.14. The third-order valence-corrected chi connectivity index (χ3v) is 7.25. The third kappa shape index (κ3) is 3.33. The highest BCUT2D eigenvalue weighted by atomic mass is 15.1. The highest BCUT2D eigenvalue weighted by molar-refractivity contribution is 5.87. The monoisotopic (exact) mass is 424 g/mol. The van der Waals surface area contributed by atoms with Gasteiger partial charge in [-0.25, -0.2) is 0 Å². The second-order valence-electron chi connectivity index (χ2n) is 9.59. The lowest BCUT2D eigenvalue weighted by Gasteiger charge is -2.43. The summed E-state index contributed by atoms with van der Waals surface area (Å²) in [6.45, 7) is 6.77. The first-order chi connectivity index (χ1) is 15.3. The molecule has 0 spiro atoms. The van der Waals surface area contributed by atoms with E-state index in [4.69, 9.17) is 0 Å². The van der Waals surface area contributed by atoms with Crippen LogP contribution in [0.2, 0.25) is 0 Å². The summed E-state index contributed by atoms with van der Waals surface area (Å²) in [5, 5.41) is 0. The van der Waals surface area contributed by atoms with E-state index in [0.29, 0.717) is 11.8 Å². The van der Waals surface area contributed by atoms with Crippen LogP contribution in [0.4, 0.5) is 11.4 Å². The van der Waals surface area contributed by atoms with Gasteiger partial charge in [-0.1, -0.05) is 67.2 Å². The molecule has 2 heteroatoms. The summed E-state index contributed by atoms with van der Waals surface area (Å²) in [5.41, 5.74) is 9.22. The Bertz CT molecular complexity index is 1070. The summed E-state index contributed by atoms with van der Waals surface area (Å²) in [4.78, 5) is 4.43. The molecule has 2 unspecified atom stereocenters. The van der Waals surface area contributed by atoms with Gasteiger partial charge in [0.15, 0.2) is 0 Å². The summed E-state index contributed by atoms with van der Waals surface area (Å²) in [5.74, 6) is 0.766. The molecule has 0 amide bonds. The fourth-order valence-corrected chi connectivity index (χ4v) is 5.56. The van der Waals surface area contributed by atoms with Gasteiger partial charge >= 0.3 is 0 Å². The molecule has 0 fully saturated rings. The van der Waals surface area contributed by atoms with Crippen LogP contribution in [-0.2, 0) is 5.41 Å². The van der Waals surface area contributed by atoms with Crippen LogP contribution in [0.1, 0.15) is 31.9 Å². The first kappa shape index (κ1) is 22.2. The van der Waals surface area contributed by atoms with E-state index in [1.54, 1.807) is 0 Å². The number of anilines is 2. The smallest absolute Gasteiger partial charge is 0.0493 e. The van der Waals surface area contributed by atoms with Gasteiger partial charge < -0.3 is 9.80 Å². The summed E-state index contributed by atoms with van der Waals surface area (Å²) in [6, 6.07) is 14.0. The van der Waals surface area contributed by atoms with Crippen LogP contribution < -0.4 is 9.80 Å². The van der Waals surface area contributed by atoms with Gasteiger partial charge in [0, 0.05) is 50.9 Å². The van der Waals surface area contributed by atoms with Gasteiger partial charge in [0.05, 0.1) is 0 Å². The second kappa shape index (κ2) is 8.50. The second-order valence-corrected chi connectivity index (χ2v) is 9.59. The minimum absolute atomic E-state index is 0.219. The van der Waals surface area contributed by atoms with E-state index >= 15 is 0 Å². The molecule has 2 aromatic rings. The van der Waals surface area contributed by atoms with Crippen LogP contribution in [0.25, 0.3) is 11.1 Å². The minimum atomic E-state index is -0.219. The van der Waals surface area contributed by atoms with Gasteiger partial charge in [-0.15, -0.1) is 0 Å².